The fraction of sp³-hybridized carbons (Fsp3) is 0. The maximum absolute atomic E-state index is 10.3. The zero-order chi connectivity index (χ0) is 20.3. The van der Waals surface area contributed by atoms with Crippen molar-refractivity contribution in [2.24, 2.45) is 0 Å². The van der Waals surface area contributed by atoms with Gasteiger partial charge in [-0.2, -0.15) is 0 Å². The molecule has 10 heteroatoms. The van der Waals surface area contributed by atoms with Crippen LogP contribution in [0, 0.1) is 30.3 Å². The molecule has 0 atom stereocenters. The molecule has 0 aliphatic carbocycles. The summed E-state index contributed by atoms with van der Waals surface area (Å²) in [6, 6.07) is 18.7. The van der Waals surface area contributed by atoms with Gasteiger partial charge in [-0.15, -0.1) is 0 Å². The van der Waals surface area contributed by atoms with Crippen LogP contribution in [0.25, 0.3) is 21.8 Å². The summed E-state index contributed by atoms with van der Waals surface area (Å²) in [6.45, 7) is 0. The number of hydrogen-bond acceptors (Lipinski definition) is 6. The Morgan fingerprint density at radius 3 is 1.21 bits per heavy atom. The van der Waals surface area contributed by atoms with Crippen LogP contribution in [-0.2, 0) is 0 Å². The second kappa shape index (κ2) is 7.50. The van der Waals surface area contributed by atoms with E-state index in [9.17, 15) is 30.3 Å². The number of aromatic nitrogens is 1. The molecule has 0 amide bonds. The molecular weight excluding hydrogens is 368 g/mol. The molecule has 1 heterocycles. The lowest BCUT2D eigenvalue weighted by molar-refractivity contribution is -0.403. The number of nitrogens with one attached hydrogen (secondary N) is 1. The van der Waals surface area contributed by atoms with Crippen LogP contribution in [0.2, 0.25) is 0 Å². The second-order valence-corrected chi connectivity index (χ2v) is 5.70. The van der Waals surface area contributed by atoms with Crippen LogP contribution in [0.4, 0.5) is 17.1 Å². The van der Waals surface area contributed by atoms with Crippen molar-refractivity contribution in [3.05, 3.63) is 97.1 Å². The highest BCUT2D eigenvalue weighted by Crippen LogP contribution is 2.27. The van der Waals surface area contributed by atoms with Crippen LogP contribution in [-0.4, -0.2) is 19.8 Å². The number of H-pyrrole nitrogens is 1. The quantitative estimate of drug-likeness (QED) is 0.401. The van der Waals surface area contributed by atoms with Crippen LogP contribution < -0.4 is 0 Å². The molecule has 0 radical (unpaired) electrons. The normalized spacial score (nSPS) is 10.3. The first-order valence-corrected chi connectivity index (χ1v) is 7.90. The minimum atomic E-state index is -0.931. The number of nitro benzene ring substituents is 3. The van der Waals surface area contributed by atoms with Crippen molar-refractivity contribution in [3.8, 4) is 0 Å². The number of fused-ring (bicyclic) bond motifs is 3. The van der Waals surface area contributed by atoms with Crippen molar-refractivity contribution in [2.45, 2.75) is 0 Å². The first kappa shape index (κ1) is 18.5. The third-order valence-electron chi connectivity index (χ3n) is 3.93. The zero-order valence-electron chi connectivity index (χ0n) is 14.1. The molecule has 0 saturated heterocycles. The van der Waals surface area contributed by atoms with Gasteiger partial charge in [0.25, 0.3) is 17.1 Å². The predicted octanol–water partition coefficient (Wildman–Crippen LogP) is 4.73. The van der Waals surface area contributed by atoms with E-state index in [4.69, 9.17) is 0 Å². The van der Waals surface area contributed by atoms with E-state index in [0.29, 0.717) is 18.2 Å². The number of non-ortho nitro benzene ring substituents is 3. The number of benzene rings is 3. The summed E-state index contributed by atoms with van der Waals surface area (Å²) in [7, 11) is 0. The molecule has 4 rings (SSSR count). The molecule has 0 aliphatic rings. The Morgan fingerprint density at radius 1 is 0.571 bits per heavy atom. The van der Waals surface area contributed by atoms with E-state index in [0.717, 1.165) is 0 Å². The van der Waals surface area contributed by atoms with Crippen molar-refractivity contribution in [2.75, 3.05) is 0 Å². The minimum Gasteiger partial charge on any atom is -0.355 e. The summed E-state index contributed by atoms with van der Waals surface area (Å²) in [5.74, 6) is 0. The Morgan fingerprint density at radius 2 is 0.893 bits per heavy atom. The third-order valence-corrected chi connectivity index (χ3v) is 3.93. The van der Waals surface area contributed by atoms with Gasteiger partial charge in [0, 0.05) is 21.8 Å². The molecule has 0 saturated carbocycles. The number of aromatic amines is 1. The van der Waals surface area contributed by atoms with E-state index >= 15 is 0 Å². The summed E-state index contributed by atoms with van der Waals surface area (Å²) in [4.78, 5) is 31.5. The van der Waals surface area contributed by atoms with Gasteiger partial charge >= 0.3 is 0 Å². The molecule has 0 fully saturated rings. The molecule has 0 aliphatic heterocycles. The molecule has 4 aromatic rings. The molecule has 3 aromatic carbocycles. The van der Waals surface area contributed by atoms with Crippen LogP contribution in [0.1, 0.15) is 0 Å². The molecule has 1 aromatic heterocycles. The van der Waals surface area contributed by atoms with Crippen LogP contribution in [0.5, 0.6) is 0 Å². The van der Waals surface area contributed by atoms with Crippen LogP contribution in [0.3, 0.4) is 0 Å². The number of nitrogens with zero attached hydrogens (tertiary/aromatic N) is 3. The van der Waals surface area contributed by atoms with Gasteiger partial charge in [0.15, 0.2) is 0 Å². The highest BCUT2D eigenvalue weighted by molar-refractivity contribution is 6.06. The molecular formula is C18H12N4O6. The Kier molecular flexibility index (Phi) is 4.94. The predicted molar refractivity (Wildman–Crippen MR) is 102 cm³/mol. The van der Waals surface area contributed by atoms with Crippen molar-refractivity contribution < 1.29 is 14.8 Å². The first-order chi connectivity index (χ1) is 13.4. The van der Waals surface area contributed by atoms with E-state index < -0.39 is 31.8 Å². The summed E-state index contributed by atoms with van der Waals surface area (Å²) < 4.78 is 0. The summed E-state index contributed by atoms with van der Waals surface area (Å²) >= 11 is 0. The van der Waals surface area contributed by atoms with Gasteiger partial charge in [-0.25, -0.2) is 0 Å². The molecule has 0 bridgehead atoms. The minimum absolute atomic E-state index is 0.660. The van der Waals surface area contributed by atoms with Crippen molar-refractivity contribution in [1.82, 2.24) is 4.98 Å². The van der Waals surface area contributed by atoms with E-state index in [1.807, 2.05) is 0 Å². The molecule has 28 heavy (non-hydrogen) atoms. The Labute approximate surface area is 156 Å². The van der Waals surface area contributed by atoms with Gasteiger partial charge < -0.3 is 4.98 Å². The Balaban J connectivity index is 0.000000162. The number of para-hydroxylation sites is 2. The van der Waals surface area contributed by atoms with Crippen molar-refractivity contribution >= 4 is 38.9 Å². The fourth-order valence-corrected chi connectivity index (χ4v) is 2.69. The summed E-state index contributed by atoms with van der Waals surface area (Å²) in [5.41, 5.74) is 0.370. The van der Waals surface area contributed by atoms with Gasteiger partial charge in [0.05, 0.1) is 33.0 Å². The molecule has 1 N–H and O–H groups in total. The van der Waals surface area contributed by atoms with Crippen molar-refractivity contribution in [3.63, 3.8) is 0 Å². The van der Waals surface area contributed by atoms with E-state index in [2.05, 4.69) is 53.5 Å². The largest absolute Gasteiger partial charge is 0.355 e. The molecule has 140 valence electrons. The average molecular weight is 380 g/mol. The van der Waals surface area contributed by atoms with Gasteiger partial charge in [0.1, 0.15) is 0 Å². The fourth-order valence-electron chi connectivity index (χ4n) is 2.69. The third kappa shape index (κ3) is 3.75. The molecule has 0 unspecified atom stereocenters. The lowest BCUT2D eigenvalue weighted by Crippen LogP contribution is -1.96. The smallest absolute Gasteiger partial charge is 0.283 e. The first-order valence-electron chi connectivity index (χ1n) is 7.90. The highest BCUT2D eigenvalue weighted by atomic mass is 16.6. The highest BCUT2D eigenvalue weighted by Gasteiger charge is 2.21. The monoisotopic (exact) mass is 380 g/mol. The zero-order valence-corrected chi connectivity index (χ0v) is 14.1. The van der Waals surface area contributed by atoms with E-state index in [-0.39, 0.29) is 0 Å². The molecule has 10 nitrogen and oxygen atoms in total. The van der Waals surface area contributed by atoms with Crippen LogP contribution in [0.15, 0.2) is 66.7 Å². The number of rotatable bonds is 3. The van der Waals surface area contributed by atoms with E-state index in [1.54, 1.807) is 0 Å². The summed E-state index contributed by atoms with van der Waals surface area (Å²) in [6.07, 6.45) is 0. The standard InChI is InChI=1S/C12H9N.C6H3N3O6/c1-3-7-11-9(5-1)10-6-2-4-8-12(10)13-11;10-7(11)4-1-5(8(12)13)3-6(2-4)9(14)15/h1-8,13H;1-3H. The Bertz CT molecular complexity index is 1090. The lowest BCUT2D eigenvalue weighted by atomic mass is 10.2. The van der Waals surface area contributed by atoms with Crippen molar-refractivity contribution in [1.29, 1.82) is 0 Å². The topological polar surface area (TPSA) is 145 Å². The molecule has 0 spiro atoms. The maximum Gasteiger partial charge on any atom is 0.283 e. The maximum atomic E-state index is 10.3. The van der Waals surface area contributed by atoms with Gasteiger partial charge in [-0.3, -0.25) is 30.3 Å². The second-order valence-electron chi connectivity index (χ2n) is 5.70. The Hall–Kier alpha value is -4.34. The van der Waals surface area contributed by atoms with Gasteiger partial charge in [-0.1, -0.05) is 36.4 Å². The SMILES string of the molecule is O=[N+]([O-])c1cc([N+](=O)[O-])cc([N+](=O)[O-])c1.c1ccc2c(c1)[nH]c1ccccc12. The van der Waals surface area contributed by atoms with Crippen LogP contribution >= 0.6 is 0 Å². The number of nitro groups is 3. The van der Waals surface area contributed by atoms with Gasteiger partial charge in [-0.05, 0) is 12.1 Å². The van der Waals surface area contributed by atoms with E-state index in [1.165, 1.54) is 21.8 Å². The average Bonchev–Trinajstić information content (AvgIpc) is 3.06. The van der Waals surface area contributed by atoms with Gasteiger partial charge in [0.2, 0.25) is 0 Å². The number of hydrogen-bond donors (Lipinski definition) is 1. The summed E-state index contributed by atoms with van der Waals surface area (Å²) in [5, 5.41) is 33.5. The lowest BCUT2D eigenvalue weighted by Gasteiger charge is -1.93.